The van der Waals surface area contributed by atoms with Crippen LogP contribution in [0.5, 0.6) is 0 Å². The van der Waals surface area contributed by atoms with Crippen molar-refractivity contribution in [2.75, 3.05) is 0 Å². The molecule has 2 aromatic rings. The molecule has 0 spiro atoms. The number of allylic oxidation sites excluding steroid dienone is 7. The molecule has 1 aromatic heterocycles. The molecule has 0 bridgehead atoms. The molecular formula is C18H14O2. The van der Waals surface area contributed by atoms with E-state index in [1.807, 2.05) is 42.5 Å². The van der Waals surface area contributed by atoms with E-state index in [1.165, 1.54) is 6.07 Å². The Bertz CT molecular complexity index is 802. The molecule has 98 valence electrons. The van der Waals surface area contributed by atoms with E-state index in [1.54, 1.807) is 6.07 Å². The van der Waals surface area contributed by atoms with E-state index in [-0.39, 0.29) is 5.43 Å². The molecule has 0 saturated heterocycles. The summed E-state index contributed by atoms with van der Waals surface area (Å²) in [6.45, 7) is 0. The lowest BCUT2D eigenvalue weighted by atomic mass is 10.2. The van der Waals surface area contributed by atoms with Gasteiger partial charge in [0.15, 0.2) is 5.43 Å². The summed E-state index contributed by atoms with van der Waals surface area (Å²) in [7, 11) is 0. The smallest absolute Gasteiger partial charge is 0.193 e. The molecule has 0 atom stereocenters. The summed E-state index contributed by atoms with van der Waals surface area (Å²) >= 11 is 0. The highest BCUT2D eigenvalue weighted by atomic mass is 16.3. The van der Waals surface area contributed by atoms with Gasteiger partial charge in [-0.05, 0) is 30.2 Å². The van der Waals surface area contributed by atoms with Gasteiger partial charge in [-0.1, -0.05) is 48.6 Å². The number of benzene rings is 1. The molecule has 1 heterocycles. The van der Waals surface area contributed by atoms with Crippen LogP contribution in [0.25, 0.3) is 17.0 Å². The lowest BCUT2D eigenvalue weighted by Gasteiger charge is -1.98. The Hall–Kier alpha value is -2.61. The highest BCUT2D eigenvalue weighted by Crippen LogP contribution is 2.14. The van der Waals surface area contributed by atoms with E-state index in [0.29, 0.717) is 16.7 Å². The zero-order valence-corrected chi connectivity index (χ0v) is 11.0. The van der Waals surface area contributed by atoms with Crippen LogP contribution in [0.2, 0.25) is 0 Å². The van der Waals surface area contributed by atoms with Crippen LogP contribution in [-0.4, -0.2) is 0 Å². The lowest BCUT2D eigenvalue weighted by molar-refractivity contribution is 0.591. The van der Waals surface area contributed by atoms with Crippen molar-refractivity contribution in [1.29, 1.82) is 0 Å². The van der Waals surface area contributed by atoms with Gasteiger partial charge in [-0.3, -0.25) is 4.79 Å². The van der Waals surface area contributed by atoms with Gasteiger partial charge in [-0.25, -0.2) is 0 Å². The minimum absolute atomic E-state index is 0.0169. The van der Waals surface area contributed by atoms with Crippen molar-refractivity contribution in [3.8, 4) is 0 Å². The van der Waals surface area contributed by atoms with Gasteiger partial charge >= 0.3 is 0 Å². The fraction of sp³-hybridized carbons (Fsp3) is 0.0556. The van der Waals surface area contributed by atoms with Gasteiger partial charge in [0.05, 0.1) is 5.39 Å². The number of hydrogen-bond acceptors (Lipinski definition) is 2. The van der Waals surface area contributed by atoms with Gasteiger partial charge in [0.2, 0.25) is 0 Å². The summed E-state index contributed by atoms with van der Waals surface area (Å²) in [5, 5.41) is 0.612. The Morgan fingerprint density at radius 1 is 1.10 bits per heavy atom. The maximum atomic E-state index is 12.0. The van der Waals surface area contributed by atoms with Gasteiger partial charge < -0.3 is 4.42 Å². The zero-order chi connectivity index (χ0) is 13.8. The first-order valence-electron chi connectivity index (χ1n) is 6.57. The van der Waals surface area contributed by atoms with Crippen LogP contribution >= 0.6 is 0 Å². The second kappa shape index (κ2) is 5.57. The van der Waals surface area contributed by atoms with Crippen LogP contribution in [0.4, 0.5) is 0 Å². The van der Waals surface area contributed by atoms with Crippen LogP contribution in [-0.2, 0) is 0 Å². The summed E-state index contributed by atoms with van der Waals surface area (Å²) in [5.74, 6) is 0.566. The topological polar surface area (TPSA) is 30.2 Å². The molecule has 1 aliphatic carbocycles. The molecule has 0 radical (unpaired) electrons. The first-order chi connectivity index (χ1) is 9.83. The molecule has 2 nitrogen and oxygen atoms in total. The van der Waals surface area contributed by atoms with E-state index < -0.39 is 0 Å². The van der Waals surface area contributed by atoms with E-state index in [4.69, 9.17) is 4.42 Å². The third-order valence-electron chi connectivity index (χ3n) is 3.10. The molecule has 3 rings (SSSR count). The molecule has 1 aliphatic rings. The van der Waals surface area contributed by atoms with Crippen molar-refractivity contribution in [2.24, 2.45) is 0 Å². The predicted octanol–water partition coefficient (Wildman–Crippen LogP) is 4.25. The Kier molecular flexibility index (Phi) is 3.46. The van der Waals surface area contributed by atoms with Crippen LogP contribution in [0.1, 0.15) is 12.2 Å². The summed E-state index contributed by atoms with van der Waals surface area (Å²) in [5.41, 5.74) is 1.68. The molecule has 2 heteroatoms. The van der Waals surface area contributed by atoms with Crippen molar-refractivity contribution in [2.45, 2.75) is 6.42 Å². The third-order valence-corrected chi connectivity index (χ3v) is 3.10. The molecule has 0 fully saturated rings. The van der Waals surface area contributed by atoms with Crippen molar-refractivity contribution in [3.63, 3.8) is 0 Å². The number of fused-ring (bicyclic) bond motifs is 1. The largest absolute Gasteiger partial charge is 0.456 e. The first kappa shape index (κ1) is 12.4. The van der Waals surface area contributed by atoms with Gasteiger partial charge in [-0.15, -0.1) is 0 Å². The van der Waals surface area contributed by atoms with Crippen LogP contribution in [0.15, 0.2) is 81.6 Å². The van der Waals surface area contributed by atoms with Crippen LogP contribution in [0, 0.1) is 0 Å². The SMILES string of the molecule is O=c1cc(C=CC2=CC=CCC=C2)oc2ccccc12. The third kappa shape index (κ3) is 2.69. The maximum absolute atomic E-state index is 12.0. The van der Waals surface area contributed by atoms with E-state index in [0.717, 1.165) is 12.0 Å². The summed E-state index contributed by atoms with van der Waals surface area (Å²) in [6, 6.07) is 8.80. The van der Waals surface area contributed by atoms with Gasteiger partial charge in [0.25, 0.3) is 0 Å². The van der Waals surface area contributed by atoms with Crippen molar-refractivity contribution >= 4 is 17.0 Å². The molecule has 0 amide bonds. The molecular weight excluding hydrogens is 248 g/mol. The molecule has 0 unspecified atom stereocenters. The summed E-state index contributed by atoms with van der Waals surface area (Å²) < 4.78 is 5.71. The first-order valence-corrected chi connectivity index (χ1v) is 6.57. The van der Waals surface area contributed by atoms with Crippen LogP contribution in [0.3, 0.4) is 0 Å². The normalized spacial score (nSPS) is 14.7. The van der Waals surface area contributed by atoms with E-state index in [9.17, 15) is 4.79 Å². The maximum Gasteiger partial charge on any atom is 0.193 e. The Balaban J connectivity index is 1.97. The second-order valence-corrected chi connectivity index (χ2v) is 4.58. The highest BCUT2D eigenvalue weighted by molar-refractivity contribution is 5.77. The predicted molar refractivity (Wildman–Crippen MR) is 82.5 cm³/mol. The van der Waals surface area contributed by atoms with Crippen LogP contribution < -0.4 is 5.43 Å². The van der Waals surface area contributed by atoms with Crippen molar-refractivity contribution < 1.29 is 4.42 Å². The Morgan fingerprint density at radius 2 is 2.00 bits per heavy atom. The molecule has 0 aliphatic heterocycles. The zero-order valence-electron chi connectivity index (χ0n) is 11.0. The minimum atomic E-state index is -0.0169. The number of rotatable bonds is 2. The van der Waals surface area contributed by atoms with Crippen molar-refractivity contribution in [1.82, 2.24) is 0 Å². The standard InChI is InChI=1S/C18H14O2/c19-17-13-15(20-18-10-6-5-9-16(17)18)12-11-14-7-3-1-2-4-8-14/h1,3-13H,2H2. The van der Waals surface area contributed by atoms with E-state index >= 15 is 0 Å². The molecule has 1 aromatic carbocycles. The Morgan fingerprint density at radius 3 is 2.95 bits per heavy atom. The van der Waals surface area contributed by atoms with Gasteiger partial charge in [-0.2, -0.15) is 0 Å². The lowest BCUT2D eigenvalue weighted by Crippen LogP contribution is -1.99. The summed E-state index contributed by atoms with van der Waals surface area (Å²) in [6.07, 6.45) is 15.0. The Labute approximate surface area is 117 Å². The fourth-order valence-electron chi connectivity index (χ4n) is 2.09. The van der Waals surface area contributed by atoms with Gasteiger partial charge in [0.1, 0.15) is 11.3 Å². The monoisotopic (exact) mass is 262 g/mol. The molecule has 20 heavy (non-hydrogen) atoms. The number of para-hydroxylation sites is 1. The minimum Gasteiger partial charge on any atom is -0.456 e. The highest BCUT2D eigenvalue weighted by Gasteiger charge is 2.01. The summed E-state index contributed by atoms with van der Waals surface area (Å²) in [4.78, 5) is 12.0. The van der Waals surface area contributed by atoms with Gasteiger partial charge in [0, 0.05) is 6.07 Å². The average Bonchev–Trinajstić information content (AvgIpc) is 2.74. The number of hydrogen-bond donors (Lipinski definition) is 0. The fourth-order valence-corrected chi connectivity index (χ4v) is 2.09. The van der Waals surface area contributed by atoms with E-state index in [2.05, 4.69) is 18.2 Å². The average molecular weight is 262 g/mol. The van der Waals surface area contributed by atoms with Crippen molar-refractivity contribution in [3.05, 3.63) is 88.3 Å². The molecule has 0 N–H and O–H groups in total. The quantitative estimate of drug-likeness (QED) is 0.810. The second-order valence-electron chi connectivity index (χ2n) is 4.58. The molecule has 0 saturated carbocycles.